The van der Waals surface area contributed by atoms with Crippen LogP contribution in [0.4, 0.5) is 0 Å². The van der Waals surface area contributed by atoms with Crippen molar-refractivity contribution in [2.45, 2.75) is 12.5 Å². The second-order valence-electron chi connectivity index (χ2n) is 4.97. The molecule has 21 heavy (non-hydrogen) atoms. The molecule has 2 nitrogen and oxygen atoms in total. The third-order valence-corrected chi connectivity index (χ3v) is 4.76. The fourth-order valence-corrected chi connectivity index (χ4v) is 2.94. The second kappa shape index (κ2) is 6.14. The highest BCUT2D eigenvalue weighted by Gasteiger charge is 2.11. The number of halogens is 2. The molecule has 0 saturated heterocycles. The Bertz CT molecular complexity index is 783. The summed E-state index contributed by atoms with van der Waals surface area (Å²) < 4.78 is 0.872. The van der Waals surface area contributed by atoms with Crippen LogP contribution in [0.1, 0.15) is 17.2 Å². The largest absolute Gasteiger partial charge is 0.324 e. The zero-order chi connectivity index (χ0) is 14.8. The molecule has 4 heteroatoms. The summed E-state index contributed by atoms with van der Waals surface area (Å²) in [4.78, 5) is 4.38. The van der Waals surface area contributed by atoms with Crippen LogP contribution in [0.2, 0.25) is 5.02 Å². The molecule has 0 aliphatic carbocycles. The highest BCUT2D eigenvalue weighted by Crippen LogP contribution is 2.27. The summed E-state index contributed by atoms with van der Waals surface area (Å²) in [5, 5.41) is 1.85. The van der Waals surface area contributed by atoms with Crippen LogP contribution in [-0.4, -0.2) is 4.98 Å². The number of para-hydroxylation sites is 1. The average Bonchev–Trinajstić information content (AvgIpc) is 2.50. The first-order valence-corrected chi connectivity index (χ1v) is 7.85. The molecule has 2 N–H and O–H groups in total. The van der Waals surface area contributed by atoms with Gasteiger partial charge in [-0.25, -0.2) is 0 Å². The van der Waals surface area contributed by atoms with E-state index in [1.54, 1.807) is 0 Å². The lowest BCUT2D eigenvalue weighted by atomic mass is 9.97. The first kappa shape index (κ1) is 14.5. The van der Waals surface area contributed by atoms with E-state index < -0.39 is 0 Å². The Hall–Kier alpha value is -1.42. The van der Waals surface area contributed by atoms with Crippen LogP contribution in [0, 0.1) is 0 Å². The van der Waals surface area contributed by atoms with Crippen molar-refractivity contribution in [2.24, 2.45) is 5.73 Å². The second-order valence-corrected chi connectivity index (χ2v) is 6.23. The van der Waals surface area contributed by atoms with Crippen molar-refractivity contribution in [1.29, 1.82) is 0 Å². The van der Waals surface area contributed by atoms with Gasteiger partial charge in [-0.15, -0.1) is 0 Å². The van der Waals surface area contributed by atoms with Crippen LogP contribution >= 0.6 is 27.5 Å². The Labute approximate surface area is 137 Å². The normalized spacial score (nSPS) is 12.5. The molecule has 0 spiro atoms. The zero-order valence-corrected chi connectivity index (χ0v) is 13.6. The zero-order valence-electron chi connectivity index (χ0n) is 11.3. The van der Waals surface area contributed by atoms with Crippen molar-refractivity contribution in [3.63, 3.8) is 0 Å². The maximum Gasteiger partial charge on any atom is 0.0704 e. The Balaban J connectivity index is 1.92. The number of hydrogen-bond donors (Lipinski definition) is 1. The van der Waals surface area contributed by atoms with Gasteiger partial charge in [-0.1, -0.05) is 35.9 Å². The molecule has 3 rings (SSSR count). The van der Waals surface area contributed by atoms with E-state index >= 15 is 0 Å². The molecule has 0 aliphatic heterocycles. The molecule has 1 heterocycles. The molecule has 2 aromatic carbocycles. The summed E-state index contributed by atoms with van der Waals surface area (Å²) >= 11 is 9.47. The van der Waals surface area contributed by atoms with Crippen LogP contribution < -0.4 is 5.73 Å². The Morgan fingerprint density at radius 2 is 1.95 bits per heavy atom. The SMILES string of the molecule is NC(Cc1ccnc2ccccc12)c1ccc(Cl)c(Br)c1. The van der Waals surface area contributed by atoms with Crippen molar-refractivity contribution < 1.29 is 0 Å². The number of aromatic nitrogens is 1. The quantitative estimate of drug-likeness (QED) is 0.721. The molecule has 1 atom stereocenters. The van der Waals surface area contributed by atoms with Crippen LogP contribution in [-0.2, 0) is 6.42 Å². The lowest BCUT2D eigenvalue weighted by molar-refractivity contribution is 0.724. The number of benzene rings is 2. The van der Waals surface area contributed by atoms with Gasteiger partial charge in [0.15, 0.2) is 0 Å². The summed E-state index contributed by atoms with van der Waals surface area (Å²) in [6.45, 7) is 0. The molecule has 0 radical (unpaired) electrons. The van der Waals surface area contributed by atoms with Gasteiger partial charge in [0, 0.05) is 22.1 Å². The monoisotopic (exact) mass is 360 g/mol. The third-order valence-electron chi connectivity index (χ3n) is 3.55. The van der Waals surface area contributed by atoms with Crippen molar-refractivity contribution in [1.82, 2.24) is 4.98 Å². The summed E-state index contributed by atoms with van der Waals surface area (Å²) in [5.41, 5.74) is 9.62. The number of pyridine rings is 1. The molecule has 0 saturated carbocycles. The number of rotatable bonds is 3. The van der Waals surface area contributed by atoms with E-state index in [1.807, 2.05) is 48.7 Å². The first-order valence-electron chi connectivity index (χ1n) is 6.68. The predicted octanol–water partition coefficient (Wildman–Crippen LogP) is 4.89. The van der Waals surface area contributed by atoms with E-state index in [-0.39, 0.29) is 6.04 Å². The fourth-order valence-electron chi connectivity index (χ4n) is 2.43. The molecule has 0 amide bonds. The van der Waals surface area contributed by atoms with Crippen LogP contribution in [0.5, 0.6) is 0 Å². The van der Waals surface area contributed by atoms with Crippen molar-refractivity contribution in [3.05, 3.63) is 75.4 Å². The molecule has 0 fully saturated rings. The van der Waals surface area contributed by atoms with Crippen LogP contribution in [0.25, 0.3) is 10.9 Å². The van der Waals surface area contributed by atoms with Gasteiger partial charge in [0.1, 0.15) is 0 Å². The average molecular weight is 362 g/mol. The van der Waals surface area contributed by atoms with E-state index in [0.29, 0.717) is 5.02 Å². The number of nitrogens with two attached hydrogens (primary N) is 1. The minimum atomic E-state index is -0.0793. The number of fused-ring (bicyclic) bond motifs is 1. The highest BCUT2D eigenvalue weighted by molar-refractivity contribution is 9.10. The Kier molecular flexibility index (Phi) is 4.24. The Morgan fingerprint density at radius 3 is 2.76 bits per heavy atom. The van der Waals surface area contributed by atoms with Gasteiger partial charge in [-0.05, 0) is 57.7 Å². The van der Waals surface area contributed by atoms with Crippen LogP contribution in [0.3, 0.4) is 0 Å². The van der Waals surface area contributed by atoms with Gasteiger partial charge >= 0.3 is 0 Å². The lowest BCUT2D eigenvalue weighted by Gasteiger charge is -2.14. The lowest BCUT2D eigenvalue weighted by Crippen LogP contribution is -2.13. The molecule has 1 unspecified atom stereocenters. The van der Waals surface area contributed by atoms with Gasteiger partial charge in [-0.3, -0.25) is 4.98 Å². The van der Waals surface area contributed by atoms with Crippen molar-refractivity contribution in [2.75, 3.05) is 0 Å². The van der Waals surface area contributed by atoms with E-state index in [9.17, 15) is 0 Å². The summed E-state index contributed by atoms with van der Waals surface area (Å²) in [7, 11) is 0. The van der Waals surface area contributed by atoms with E-state index in [1.165, 1.54) is 5.56 Å². The maximum atomic E-state index is 6.35. The minimum absolute atomic E-state index is 0.0793. The topological polar surface area (TPSA) is 38.9 Å². The summed E-state index contributed by atoms with van der Waals surface area (Å²) in [6.07, 6.45) is 2.60. The van der Waals surface area contributed by atoms with Crippen LogP contribution in [0.15, 0.2) is 59.2 Å². The van der Waals surface area contributed by atoms with Gasteiger partial charge in [0.05, 0.1) is 10.5 Å². The number of hydrogen-bond acceptors (Lipinski definition) is 2. The number of nitrogens with zero attached hydrogens (tertiary/aromatic N) is 1. The van der Waals surface area contributed by atoms with Gasteiger partial charge in [0.25, 0.3) is 0 Å². The molecule has 1 aromatic heterocycles. The minimum Gasteiger partial charge on any atom is -0.324 e. The third kappa shape index (κ3) is 3.10. The molecule has 3 aromatic rings. The highest BCUT2D eigenvalue weighted by atomic mass is 79.9. The smallest absolute Gasteiger partial charge is 0.0704 e. The van der Waals surface area contributed by atoms with Gasteiger partial charge < -0.3 is 5.73 Å². The molecular formula is C17H14BrClN2. The van der Waals surface area contributed by atoms with E-state index in [2.05, 4.69) is 27.0 Å². The standard InChI is InChI=1S/C17H14BrClN2/c18-14-9-12(5-6-15(14)19)16(20)10-11-7-8-21-17-4-2-1-3-13(11)17/h1-9,16H,10,20H2. The molecule has 0 bridgehead atoms. The predicted molar refractivity (Wildman–Crippen MR) is 91.5 cm³/mol. The molecule has 0 aliphatic rings. The maximum absolute atomic E-state index is 6.35. The van der Waals surface area contributed by atoms with Gasteiger partial charge in [-0.2, -0.15) is 0 Å². The molecular weight excluding hydrogens is 348 g/mol. The summed E-state index contributed by atoms with van der Waals surface area (Å²) in [6, 6.07) is 15.9. The fraction of sp³-hybridized carbons (Fsp3) is 0.118. The Morgan fingerprint density at radius 1 is 1.14 bits per heavy atom. The van der Waals surface area contributed by atoms with E-state index in [4.69, 9.17) is 17.3 Å². The van der Waals surface area contributed by atoms with Gasteiger partial charge in [0.2, 0.25) is 0 Å². The van der Waals surface area contributed by atoms with Crippen molar-refractivity contribution in [3.8, 4) is 0 Å². The summed E-state index contributed by atoms with van der Waals surface area (Å²) in [5.74, 6) is 0. The molecule has 106 valence electrons. The first-order chi connectivity index (χ1) is 10.1. The van der Waals surface area contributed by atoms with E-state index in [0.717, 1.165) is 27.4 Å². The van der Waals surface area contributed by atoms with Crippen molar-refractivity contribution >= 4 is 38.4 Å².